The number of halogens is 5. The number of amides is 1. The van der Waals surface area contributed by atoms with E-state index in [2.05, 4.69) is 19.8 Å². The lowest BCUT2D eigenvalue weighted by atomic mass is 10.1. The van der Waals surface area contributed by atoms with Gasteiger partial charge in [-0.2, -0.15) is 8.78 Å². The number of ether oxygens (including phenoxy) is 3. The van der Waals surface area contributed by atoms with Gasteiger partial charge in [0.25, 0.3) is 5.91 Å². The topological polar surface area (TPSA) is 126 Å². The molecule has 4 rings (SSSR count). The number of nitrogens with two attached hydrogens (primary N) is 1. The summed E-state index contributed by atoms with van der Waals surface area (Å²) in [6, 6.07) is 4.00. The maximum Gasteiger partial charge on any atom is 0.387 e. The molecule has 2 atom stereocenters. The third-order valence-corrected chi connectivity index (χ3v) is 5.85. The van der Waals surface area contributed by atoms with Crippen molar-refractivity contribution in [2.45, 2.75) is 38.5 Å². The summed E-state index contributed by atoms with van der Waals surface area (Å²) in [6.45, 7) is -1.25. The monoisotopic (exact) mass is 587 g/mol. The van der Waals surface area contributed by atoms with Crippen LogP contribution in [0.2, 0.25) is 0 Å². The van der Waals surface area contributed by atoms with Crippen molar-refractivity contribution in [1.29, 1.82) is 0 Å². The maximum atomic E-state index is 14.4. The van der Waals surface area contributed by atoms with Gasteiger partial charge < -0.3 is 29.7 Å². The molecule has 1 aromatic heterocycles. The number of nitrogens with zero attached hydrogens (tertiary/aromatic N) is 1. The summed E-state index contributed by atoms with van der Waals surface area (Å²) in [4.78, 5) is 29.8. The normalized spacial score (nSPS) is 14.2. The molecule has 0 aliphatic heterocycles. The van der Waals surface area contributed by atoms with E-state index in [9.17, 15) is 27.2 Å². The SMILES string of the molecule is COC(=O)C(NC(=O)c1nc(-c2ccc(OC(F)F)c(OCC3CC3)c2)oc1C(C)N)c1ccc(F)cc1F.Cl. The van der Waals surface area contributed by atoms with Crippen LogP contribution in [0.5, 0.6) is 11.5 Å². The highest BCUT2D eigenvalue weighted by molar-refractivity contribution is 5.97. The Balaban J connectivity index is 0.00000441. The van der Waals surface area contributed by atoms with Gasteiger partial charge in [-0.25, -0.2) is 18.6 Å². The molecule has 0 saturated heterocycles. The number of rotatable bonds is 11. The third kappa shape index (κ3) is 7.21. The van der Waals surface area contributed by atoms with E-state index in [1.54, 1.807) is 0 Å². The van der Waals surface area contributed by atoms with Crippen LogP contribution in [0.1, 0.15) is 53.7 Å². The molecule has 0 radical (unpaired) electrons. The number of benzene rings is 2. The number of alkyl halides is 2. The van der Waals surface area contributed by atoms with E-state index >= 15 is 0 Å². The van der Waals surface area contributed by atoms with Crippen molar-refractivity contribution in [1.82, 2.24) is 10.3 Å². The van der Waals surface area contributed by atoms with E-state index in [0.29, 0.717) is 18.6 Å². The lowest BCUT2D eigenvalue weighted by molar-refractivity contribution is -0.143. The van der Waals surface area contributed by atoms with Crippen LogP contribution >= 0.6 is 12.4 Å². The minimum Gasteiger partial charge on any atom is -0.489 e. The second kappa shape index (κ2) is 13.0. The van der Waals surface area contributed by atoms with Gasteiger partial charge in [-0.05, 0) is 49.9 Å². The number of esters is 1. The predicted molar refractivity (Wildman–Crippen MR) is 135 cm³/mol. The van der Waals surface area contributed by atoms with Crippen molar-refractivity contribution in [3.8, 4) is 23.0 Å². The summed E-state index contributed by atoms with van der Waals surface area (Å²) in [5.74, 6) is -3.94. The third-order valence-electron chi connectivity index (χ3n) is 5.85. The first-order chi connectivity index (χ1) is 18.6. The minimum absolute atomic E-state index is 0. The van der Waals surface area contributed by atoms with Gasteiger partial charge in [0.15, 0.2) is 29.0 Å². The molecular formula is C26H26ClF4N3O6. The van der Waals surface area contributed by atoms with Crippen molar-refractivity contribution in [2.75, 3.05) is 13.7 Å². The first-order valence-corrected chi connectivity index (χ1v) is 11.9. The second-order valence-corrected chi connectivity index (χ2v) is 8.91. The Labute approximate surface area is 232 Å². The first-order valence-electron chi connectivity index (χ1n) is 11.9. The van der Waals surface area contributed by atoms with Gasteiger partial charge in [-0.15, -0.1) is 12.4 Å². The lowest BCUT2D eigenvalue weighted by Gasteiger charge is -2.17. The van der Waals surface area contributed by atoms with Crippen LogP contribution in [0.25, 0.3) is 11.5 Å². The summed E-state index contributed by atoms with van der Waals surface area (Å²) in [5, 5.41) is 2.32. The minimum atomic E-state index is -3.07. The molecule has 216 valence electrons. The van der Waals surface area contributed by atoms with E-state index in [4.69, 9.17) is 14.9 Å². The molecule has 2 aromatic carbocycles. The van der Waals surface area contributed by atoms with Gasteiger partial charge in [0.2, 0.25) is 5.89 Å². The molecule has 1 aliphatic carbocycles. The van der Waals surface area contributed by atoms with Crippen LogP contribution in [0.4, 0.5) is 17.6 Å². The van der Waals surface area contributed by atoms with Crippen LogP contribution in [0.3, 0.4) is 0 Å². The van der Waals surface area contributed by atoms with Gasteiger partial charge in [0.1, 0.15) is 11.6 Å². The molecule has 2 unspecified atom stereocenters. The Morgan fingerprint density at radius 1 is 1.15 bits per heavy atom. The number of aromatic nitrogens is 1. The van der Waals surface area contributed by atoms with E-state index in [1.165, 1.54) is 25.1 Å². The van der Waals surface area contributed by atoms with E-state index < -0.39 is 42.2 Å². The van der Waals surface area contributed by atoms with Gasteiger partial charge in [-0.1, -0.05) is 6.07 Å². The van der Waals surface area contributed by atoms with Crippen LogP contribution in [0, 0.1) is 17.6 Å². The van der Waals surface area contributed by atoms with E-state index in [1.807, 2.05) is 0 Å². The smallest absolute Gasteiger partial charge is 0.387 e. The summed E-state index contributed by atoms with van der Waals surface area (Å²) in [5.41, 5.74) is 5.58. The molecule has 1 aliphatic rings. The Morgan fingerprint density at radius 3 is 2.48 bits per heavy atom. The number of carbonyl (C=O) groups is 2. The zero-order valence-corrected chi connectivity index (χ0v) is 22.1. The fourth-order valence-corrected chi connectivity index (χ4v) is 3.68. The van der Waals surface area contributed by atoms with Crippen LogP contribution < -0.4 is 20.5 Å². The van der Waals surface area contributed by atoms with Gasteiger partial charge >= 0.3 is 12.6 Å². The highest BCUT2D eigenvalue weighted by atomic mass is 35.5. The number of hydrogen-bond acceptors (Lipinski definition) is 8. The number of hydrogen-bond donors (Lipinski definition) is 2. The quantitative estimate of drug-likeness (QED) is 0.235. The number of carbonyl (C=O) groups excluding carboxylic acids is 2. The van der Waals surface area contributed by atoms with Crippen LogP contribution in [-0.4, -0.2) is 37.2 Å². The van der Waals surface area contributed by atoms with Crippen LogP contribution in [-0.2, 0) is 9.53 Å². The zero-order valence-electron chi connectivity index (χ0n) is 21.3. The fraction of sp³-hybridized carbons (Fsp3) is 0.346. The summed E-state index contributed by atoms with van der Waals surface area (Å²) in [7, 11) is 1.04. The Bertz CT molecular complexity index is 1370. The van der Waals surface area contributed by atoms with Crippen molar-refractivity contribution in [2.24, 2.45) is 11.7 Å². The molecule has 1 amide bonds. The second-order valence-electron chi connectivity index (χ2n) is 8.91. The average Bonchev–Trinajstić information content (AvgIpc) is 3.61. The Morgan fingerprint density at radius 2 is 1.88 bits per heavy atom. The largest absolute Gasteiger partial charge is 0.489 e. The Kier molecular flexibility index (Phi) is 9.98. The van der Waals surface area contributed by atoms with Crippen molar-refractivity contribution < 1.29 is 45.8 Å². The molecule has 3 aromatic rings. The van der Waals surface area contributed by atoms with Gasteiger partial charge in [0.05, 0.1) is 19.8 Å². The predicted octanol–water partition coefficient (Wildman–Crippen LogP) is 5.10. The molecule has 9 nitrogen and oxygen atoms in total. The standard InChI is InChI=1S/C26H25F4N3O6.ClH/c1-12(31)22-21(23(34)32-20(25(35)36-2)16-7-6-15(27)10-17(16)28)33-24(39-22)14-5-8-18(38-26(29)30)19(9-14)37-11-13-3-4-13;/h5-10,12-13,20,26H,3-4,11,31H2,1-2H3,(H,32,34);1H. The number of oxazole rings is 1. The van der Waals surface area contributed by atoms with E-state index in [-0.39, 0.29) is 52.4 Å². The van der Waals surface area contributed by atoms with Crippen molar-refractivity contribution in [3.63, 3.8) is 0 Å². The first kappa shape index (κ1) is 30.7. The number of nitrogens with one attached hydrogen (secondary N) is 1. The Hall–Kier alpha value is -3.84. The summed E-state index contributed by atoms with van der Waals surface area (Å²) >= 11 is 0. The highest BCUT2D eigenvalue weighted by Crippen LogP contribution is 2.37. The summed E-state index contributed by atoms with van der Waals surface area (Å²) in [6.07, 6.45) is 1.93. The lowest BCUT2D eigenvalue weighted by Crippen LogP contribution is -2.36. The van der Waals surface area contributed by atoms with Gasteiger partial charge in [-0.3, -0.25) is 4.79 Å². The van der Waals surface area contributed by atoms with E-state index in [0.717, 1.165) is 32.1 Å². The fourth-order valence-electron chi connectivity index (χ4n) is 3.68. The van der Waals surface area contributed by atoms with Crippen molar-refractivity contribution in [3.05, 3.63) is 65.1 Å². The molecule has 1 fully saturated rings. The van der Waals surface area contributed by atoms with Crippen molar-refractivity contribution >= 4 is 24.3 Å². The maximum absolute atomic E-state index is 14.4. The molecule has 1 saturated carbocycles. The van der Waals surface area contributed by atoms with Gasteiger partial charge in [0, 0.05) is 17.2 Å². The van der Waals surface area contributed by atoms with Crippen LogP contribution in [0.15, 0.2) is 40.8 Å². The average molecular weight is 588 g/mol. The number of methoxy groups -OCH3 is 1. The zero-order chi connectivity index (χ0) is 28.3. The highest BCUT2D eigenvalue weighted by Gasteiger charge is 2.31. The molecule has 14 heteroatoms. The molecule has 1 heterocycles. The summed E-state index contributed by atoms with van der Waals surface area (Å²) < 4.78 is 74.2. The molecule has 0 spiro atoms. The molecule has 0 bridgehead atoms. The molecule has 3 N–H and O–H groups in total. The molecule has 40 heavy (non-hydrogen) atoms. The molecular weight excluding hydrogens is 562 g/mol.